The van der Waals surface area contributed by atoms with Gasteiger partial charge < -0.3 is 10.2 Å². The third-order valence-electron chi connectivity index (χ3n) is 3.42. The molecule has 0 aliphatic heterocycles. The molecule has 1 N–H and O–H groups in total. The van der Waals surface area contributed by atoms with E-state index in [9.17, 15) is 0 Å². The van der Waals surface area contributed by atoms with Gasteiger partial charge in [-0.2, -0.15) is 0 Å². The highest BCUT2D eigenvalue weighted by Crippen LogP contribution is 2.29. The van der Waals surface area contributed by atoms with Crippen molar-refractivity contribution in [3.8, 4) is 0 Å². The molecule has 0 radical (unpaired) electrons. The predicted molar refractivity (Wildman–Crippen MR) is 73.3 cm³/mol. The lowest BCUT2D eigenvalue weighted by Gasteiger charge is -2.34. The Hall–Kier alpha value is -0.130. The van der Waals surface area contributed by atoms with Crippen LogP contribution in [-0.2, 0) is 0 Å². The Labute approximate surface area is 109 Å². The van der Waals surface area contributed by atoms with Crippen LogP contribution in [-0.4, -0.2) is 31.2 Å². The fraction of sp³-hybridized carbons (Fsp3) is 0.727. The van der Waals surface area contributed by atoms with Gasteiger partial charge in [-0.3, -0.25) is 0 Å². The first kappa shape index (κ1) is 12.3. The van der Waals surface area contributed by atoms with Crippen LogP contribution in [0, 0.1) is 0 Å². The molecule has 0 unspecified atom stereocenters. The minimum atomic E-state index is 0.655. The van der Waals surface area contributed by atoms with Crippen LogP contribution in [0.2, 0.25) is 0 Å². The molecule has 5 heteroatoms. The lowest BCUT2D eigenvalue weighted by Crippen LogP contribution is -2.39. The molecule has 16 heavy (non-hydrogen) atoms. The Morgan fingerprint density at radius 3 is 2.62 bits per heavy atom. The minimum Gasteiger partial charge on any atom is -0.348 e. The van der Waals surface area contributed by atoms with Gasteiger partial charge in [-0.05, 0) is 48.7 Å². The molecule has 0 saturated heterocycles. The Bertz CT molecular complexity index is 334. The topological polar surface area (TPSA) is 28.2 Å². The van der Waals surface area contributed by atoms with Crippen LogP contribution < -0.4 is 10.2 Å². The molecule has 0 bridgehead atoms. The minimum absolute atomic E-state index is 0.655. The first-order chi connectivity index (χ1) is 7.70. The highest BCUT2D eigenvalue weighted by Gasteiger charge is 2.24. The van der Waals surface area contributed by atoms with Crippen LogP contribution in [0.4, 0.5) is 5.13 Å². The first-order valence-corrected chi connectivity index (χ1v) is 7.39. The normalized spacial score (nSPS) is 25.7. The van der Waals surface area contributed by atoms with E-state index in [1.54, 1.807) is 11.3 Å². The van der Waals surface area contributed by atoms with Crippen LogP contribution in [0.3, 0.4) is 0 Å². The van der Waals surface area contributed by atoms with Crippen molar-refractivity contribution in [2.75, 3.05) is 19.0 Å². The van der Waals surface area contributed by atoms with E-state index in [1.807, 2.05) is 5.38 Å². The predicted octanol–water partition coefficient (Wildman–Crippen LogP) is 2.87. The quantitative estimate of drug-likeness (QED) is 0.931. The fourth-order valence-electron chi connectivity index (χ4n) is 2.32. The van der Waals surface area contributed by atoms with Gasteiger partial charge in [-0.15, -0.1) is 11.3 Å². The molecular weight excluding hydrogens is 286 g/mol. The number of nitrogens with zero attached hydrogens (tertiary/aromatic N) is 2. The molecule has 0 amide bonds. The van der Waals surface area contributed by atoms with Crippen LogP contribution in [0.25, 0.3) is 0 Å². The Balaban J connectivity index is 1.93. The molecule has 1 aromatic rings. The second kappa shape index (κ2) is 5.47. The number of hydrogen-bond acceptors (Lipinski definition) is 4. The molecule has 1 fully saturated rings. The summed E-state index contributed by atoms with van der Waals surface area (Å²) in [5.41, 5.74) is 0. The average molecular weight is 304 g/mol. The van der Waals surface area contributed by atoms with E-state index in [4.69, 9.17) is 0 Å². The monoisotopic (exact) mass is 303 g/mol. The Morgan fingerprint density at radius 1 is 1.44 bits per heavy atom. The van der Waals surface area contributed by atoms with Crippen molar-refractivity contribution < 1.29 is 0 Å². The van der Waals surface area contributed by atoms with E-state index in [-0.39, 0.29) is 0 Å². The number of halogens is 1. The summed E-state index contributed by atoms with van der Waals surface area (Å²) >= 11 is 5.12. The number of nitrogens with one attached hydrogen (secondary N) is 1. The number of rotatable bonds is 3. The molecule has 0 aromatic carbocycles. The fourth-order valence-corrected chi connectivity index (χ4v) is 3.60. The summed E-state index contributed by atoms with van der Waals surface area (Å²) in [5, 5.41) is 6.54. The maximum Gasteiger partial charge on any atom is 0.186 e. The zero-order valence-corrected chi connectivity index (χ0v) is 12.1. The second-order valence-electron chi connectivity index (χ2n) is 4.36. The van der Waals surface area contributed by atoms with E-state index in [1.165, 1.54) is 25.7 Å². The van der Waals surface area contributed by atoms with Crippen molar-refractivity contribution in [2.45, 2.75) is 37.8 Å². The van der Waals surface area contributed by atoms with Crippen molar-refractivity contribution in [1.82, 2.24) is 10.3 Å². The van der Waals surface area contributed by atoms with Crippen molar-refractivity contribution in [3.05, 3.63) is 9.98 Å². The van der Waals surface area contributed by atoms with Crippen LogP contribution in [0.1, 0.15) is 25.7 Å². The average Bonchev–Trinajstić information content (AvgIpc) is 2.75. The van der Waals surface area contributed by atoms with Gasteiger partial charge in [-0.25, -0.2) is 4.98 Å². The molecular formula is C11H18BrN3S. The molecule has 1 aromatic heterocycles. The lowest BCUT2D eigenvalue weighted by molar-refractivity contribution is 0.351. The van der Waals surface area contributed by atoms with Gasteiger partial charge in [0, 0.05) is 24.5 Å². The molecule has 1 heterocycles. The molecule has 0 atom stereocenters. The van der Waals surface area contributed by atoms with Gasteiger partial charge in [0.2, 0.25) is 0 Å². The summed E-state index contributed by atoms with van der Waals surface area (Å²) in [6.45, 7) is 0. The summed E-state index contributed by atoms with van der Waals surface area (Å²) in [6, 6.07) is 1.37. The van der Waals surface area contributed by atoms with E-state index in [0.717, 1.165) is 9.73 Å². The molecule has 2 rings (SSSR count). The standard InChI is InChI=1S/C11H18BrN3S/c1-13-8-3-5-9(6-4-8)15(2)11-14-10(12)7-16-11/h7-9,13H,3-6H2,1-2H3. The van der Waals surface area contributed by atoms with E-state index >= 15 is 0 Å². The third kappa shape index (κ3) is 2.76. The first-order valence-electron chi connectivity index (χ1n) is 5.72. The third-order valence-corrected chi connectivity index (χ3v) is 5.06. The zero-order valence-electron chi connectivity index (χ0n) is 9.74. The lowest BCUT2D eigenvalue weighted by atomic mass is 9.91. The van der Waals surface area contributed by atoms with Gasteiger partial charge in [0.1, 0.15) is 4.60 Å². The van der Waals surface area contributed by atoms with Gasteiger partial charge >= 0.3 is 0 Å². The Kier molecular flexibility index (Phi) is 4.21. The van der Waals surface area contributed by atoms with Gasteiger partial charge in [0.25, 0.3) is 0 Å². The SMILES string of the molecule is CNC1CCC(N(C)c2nc(Br)cs2)CC1. The van der Waals surface area contributed by atoms with Crippen LogP contribution in [0.15, 0.2) is 9.98 Å². The van der Waals surface area contributed by atoms with Crippen molar-refractivity contribution in [1.29, 1.82) is 0 Å². The molecule has 90 valence electrons. The molecule has 1 aliphatic carbocycles. The summed E-state index contributed by atoms with van der Waals surface area (Å²) in [5.74, 6) is 0. The van der Waals surface area contributed by atoms with E-state index < -0.39 is 0 Å². The van der Waals surface area contributed by atoms with Crippen LogP contribution in [0.5, 0.6) is 0 Å². The number of aromatic nitrogens is 1. The number of hydrogen-bond donors (Lipinski definition) is 1. The molecule has 3 nitrogen and oxygen atoms in total. The van der Waals surface area contributed by atoms with Crippen molar-refractivity contribution >= 4 is 32.4 Å². The van der Waals surface area contributed by atoms with Gasteiger partial charge in [0.15, 0.2) is 5.13 Å². The number of thiazole rings is 1. The van der Waals surface area contributed by atoms with Gasteiger partial charge in [0.05, 0.1) is 0 Å². The Morgan fingerprint density at radius 2 is 2.12 bits per heavy atom. The molecule has 0 spiro atoms. The highest BCUT2D eigenvalue weighted by molar-refractivity contribution is 9.10. The number of anilines is 1. The second-order valence-corrected chi connectivity index (χ2v) is 6.01. The summed E-state index contributed by atoms with van der Waals surface area (Å²) < 4.78 is 0.947. The van der Waals surface area contributed by atoms with Gasteiger partial charge in [-0.1, -0.05) is 0 Å². The maximum atomic E-state index is 4.47. The largest absolute Gasteiger partial charge is 0.348 e. The van der Waals surface area contributed by atoms with E-state index in [2.05, 4.69) is 45.2 Å². The molecule has 1 saturated carbocycles. The summed E-state index contributed by atoms with van der Waals surface area (Å²) in [6.07, 6.45) is 5.08. The zero-order chi connectivity index (χ0) is 11.5. The van der Waals surface area contributed by atoms with Crippen molar-refractivity contribution in [3.63, 3.8) is 0 Å². The van der Waals surface area contributed by atoms with Crippen LogP contribution >= 0.6 is 27.3 Å². The van der Waals surface area contributed by atoms with Crippen molar-refractivity contribution in [2.24, 2.45) is 0 Å². The maximum absolute atomic E-state index is 4.47. The summed E-state index contributed by atoms with van der Waals surface area (Å²) in [7, 11) is 4.22. The molecule has 1 aliphatic rings. The highest BCUT2D eigenvalue weighted by atomic mass is 79.9. The van der Waals surface area contributed by atoms with E-state index in [0.29, 0.717) is 12.1 Å². The summed E-state index contributed by atoms with van der Waals surface area (Å²) in [4.78, 5) is 6.81. The smallest absolute Gasteiger partial charge is 0.186 e.